The third-order valence-electron chi connectivity index (χ3n) is 4.99. The minimum Gasteiger partial charge on any atom is -0.339 e. The number of benzene rings is 1. The molecule has 29 heavy (non-hydrogen) atoms. The number of likely N-dealkylation sites (tertiary alicyclic amines) is 1. The van der Waals surface area contributed by atoms with Crippen LogP contribution in [0.1, 0.15) is 33.1 Å². The number of rotatable bonds is 5. The van der Waals surface area contributed by atoms with Crippen molar-refractivity contribution in [3.05, 3.63) is 28.0 Å². The maximum atomic E-state index is 12.4. The minimum atomic E-state index is -3.89. The highest BCUT2D eigenvalue weighted by Crippen LogP contribution is 2.22. The molecule has 1 saturated heterocycles. The number of nitrogens with zero attached hydrogens (tertiary/aromatic N) is 3. The lowest BCUT2D eigenvalue weighted by Crippen LogP contribution is -2.45. The predicted octanol–water partition coefficient (Wildman–Crippen LogP) is 2.62. The molecule has 0 aliphatic carbocycles. The fraction of sp³-hybridized carbons (Fsp3) is 0.526. The van der Waals surface area contributed by atoms with Crippen LogP contribution in [0.4, 0.5) is 0 Å². The molecule has 0 spiro atoms. The van der Waals surface area contributed by atoms with Crippen LogP contribution in [0.25, 0.3) is 10.2 Å². The van der Waals surface area contributed by atoms with Crippen molar-refractivity contribution in [3.8, 4) is 0 Å². The van der Waals surface area contributed by atoms with Crippen LogP contribution in [-0.4, -0.2) is 53.8 Å². The van der Waals surface area contributed by atoms with E-state index < -0.39 is 33.2 Å². The van der Waals surface area contributed by atoms with Crippen LogP contribution < -0.4 is 4.80 Å². The molecule has 0 radical (unpaired) electrons. The lowest BCUT2D eigenvalue weighted by molar-refractivity contribution is -0.131. The highest BCUT2D eigenvalue weighted by molar-refractivity contribution is 7.92. The number of hydrogen-bond acceptors (Lipinski definition) is 5. The summed E-state index contributed by atoms with van der Waals surface area (Å²) < 4.78 is 27.5. The monoisotopic (exact) mass is 457 g/mol. The first-order valence-corrected chi connectivity index (χ1v) is 12.6. The SMILES string of the molecule is CCn1c(=NC(=O)CS(=O)(=O)CC(=O)N2CCCCC2C)sc2cc(Cl)ccc21. The Balaban J connectivity index is 1.77. The zero-order valence-corrected chi connectivity index (χ0v) is 18.8. The van der Waals surface area contributed by atoms with Crippen LogP contribution in [0.5, 0.6) is 0 Å². The number of carbonyl (C=O) groups excluding carboxylic acids is 2. The summed E-state index contributed by atoms with van der Waals surface area (Å²) >= 11 is 7.30. The Hall–Kier alpha value is -1.71. The Morgan fingerprint density at radius 3 is 2.72 bits per heavy atom. The standard InChI is InChI=1S/C19H24ClN3O4S2/c1-3-22-15-8-7-14(20)10-16(15)28-19(22)21-17(24)11-29(26,27)12-18(25)23-9-5-4-6-13(23)2/h7-8,10,13H,3-6,9,11-12H2,1-2H3. The van der Waals surface area contributed by atoms with Gasteiger partial charge >= 0.3 is 0 Å². The summed E-state index contributed by atoms with van der Waals surface area (Å²) in [6.45, 7) is 4.97. The van der Waals surface area contributed by atoms with Crippen LogP contribution >= 0.6 is 22.9 Å². The van der Waals surface area contributed by atoms with Gasteiger partial charge in [-0.1, -0.05) is 22.9 Å². The molecule has 7 nitrogen and oxygen atoms in total. The fourth-order valence-corrected chi connectivity index (χ4v) is 6.03. The summed E-state index contributed by atoms with van der Waals surface area (Å²) in [6.07, 6.45) is 2.78. The van der Waals surface area contributed by atoms with E-state index >= 15 is 0 Å². The second kappa shape index (κ2) is 8.97. The van der Waals surface area contributed by atoms with Crippen LogP contribution in [-0.2, 0) is 26.0 Å². The maximum absolute atomic E-state index is 12.4. The molecule has 1 aromatic carbocycles. The Bertz CT molecular complexity index is 1100. The van der Waals surface area contributed by atoms with Gasteiger partial charge in [0, 0.05) is 24.2 Å². The van der Waals surface area contributed by atoms with Crippen molar-refractivity contribution in [2.24, 2.45) is 4.99 Å². The zero-order valence-electron chi connectivity index (χ0n) is 16.4. The molecule has 3 rings (SSSR count). The van der Waals surface area contributed by atoms with Gasteiger partial charge in [-0.3, -0.25) is 9.59 Å². The molecule has 1 aliphatic heterocycles. The number of halogens is 1. The van der Waals surface area contributed by atoms with Crippen molar-refractivity contribution in [3.63, 3.8) is 0 Å². The fourth-order valence-electron chi connectivity index (χ4n) is 3.56. The summed E-state index contributed by atoms with van der Waals surface area (Å²) in [6, 6.07) is 5.41. The van der Waals surface area contributed by atoms with Gasteiger partial charge in [-0.15, -0.1) is 0 Å². The second-order valence-corrected chi connectivity index (χ2v) is 10.7. The molecule has 0 bridgehead atoms. The number of amides is 2. The summed E-state index contributed by atoms with van der Waals surface area (Å²) in [5.74, 6) is -2.65. The van der Waals surface area contributed by atoms with E-state index in [0.717, 1.165) is 29.5 Å². The Morgan fingerprint density at radius 2 is 2.03 bits per heavy atom. The molecule has 10 heteroatoms. The van der Waals surface area contributed by atoms with Gasteiger partial charge in [0.15, 0.2) is 14.6 Å². The molecular weight excluding hydrogens is 434 g/mol. The van der Waals surface area contributed by atoms with Crippen molar-refractivity contribution in [2.75, 3.05) is 18.1 Å². The minimum absolute atomic E-state index is 0.0284. The molecule has 1 unspecified atom stereocenters. The molecule has 2 amide bonds. The first-order chi connectivity index (χ1) is 13.7. The van der Waals surface area contributed by atoms with Crippen molar-refractivity contribution in [1.82, 2.24) is 9.47 Å². The van der Waals surface area contributed by atoms with E-state index in [1.165, 1.54) is 11.3 Å². The Morgan fingerprint density at radius 1 is 1.28 bits per heavy atom. The average Bonchev–Trinajstić information content (AvgIpc) is 2.96. The first kappa shape index (κ1) is 22.0. The van der Waals surface area contributed by atoms with Crippen LogP contribution in [0.3, 0.4) is 0 Å². The highest BCUT2D eigenvalue weighted by atomic mass is 35.5. The predicted molar refractivity (Wildman–Crippen MR) is 115 cm³/mol. The van der Waals surface area contributed by atoms with E-state index in [1.54, 1.807) is 17.0 Å². The molecule has 2 heterocycles. The number of hydrogen-bond donors (Lipinski definition) is 0. The summed E-state index contributed by atoms with van der Waals surface area (Å²) in [4.78, 5) is 30.8. The van der Waals surface area contributed by atoms with E-state index in [1.807, 2.05) is 24.5 Å². The number of carbonyl (C=O) groups is 2. The van der Waals surface area contributed by atoms with Crippen LogP contribution in [0, 0.1) is 0 Å². The molecule has 158 valence electrons. The largest absolute Gasteiger partial charge is 0.339 e. The summed E-state index contributed by atoms with van der Waals surface area (Å²) in [5, 5.41) is 0.577. The lowest BCUT2D eigenvalue weighted by atomic mass is 10.0. The van der Waals surface area contributed by atoms with Crippen molar-refractivity contribution in [2.45, 2.75) is 45.7 Å². The second-order valence-electron chi connectivity index (χ2n) is 7.21. The van der Waals surface area contributed by atoms with Crippen LogP contribution in [0.2, 0.25) is 5.02 Å². The van der Waals surface area contributed by atoms with E-state index in [-0.39, 0.29) is 6.04 Å². The molecule has 0 saturated carbocycles. The first-order valence-electron chi connectivity index (χ1n) is 9.56. The number of thiazole rings is 1. The maximum Gasteiger partial charge on any atom is 0.263 e. The smallest absolute Gasteiger partial charge is 0.263 e. The summed E-state index contributed by atoms with van der Waals surface area (Å²) in [5.41, 5.74) is 0.880. The normalized spacial score (nSPS) is 18.4. The molecule has 1 atom stereocenters. The Kier molecular flexibility index (Phi) is 6.80. The molecule has 2 aromatic rings. The zero-order chi connectivity index (χ0) is 21.2. The molecular formula is C19H24ClN3O4S2. The molecule has 0 N–H and O–H groups in total. The quantitative estimate of drug-likeness (QED) is 0.690. The van der Waals surface area contributed by atoms with Gasteiger partial charge in [-0.25, -0.2) is 8.42 Å². The van der Waals surface area contributed by atoms with E-state index in [2.05, 4.69) is 4.99 Å². The van der Waals surface area contributed by atoms with E-state index in [4.69, 9.17) is 11.6 Å². The van der Waals surface area contributed by atoms with Gasteiger partial charge in [-0.05, 0) is 51.3 Å². The van der Waals surface area contributed by atoms with E-state index in [9.17, 15) is 18.0 Å². The number of sulfone groups is 1. The van der Waals surface area contributed by atoms with Crippen molar-refractivity contribution < 1.29 is 18.0 Å². The van der Waals surface area contributed by atoms with Gasteiger partial charge in [0.05, 0.1) is 10.2 Å². The highest BCUT2D eigenvalue weighted by Gasteiger charge is 2.28. The van der Waals surface area contributed by atoms with Gasteiger partial charge < -0.3 is 9.47 Å². The van der Waals surface area contributed by atoms with Crippen molar-refractivity contribution >= 4 is 54.8 Å². The third-order valence-corrected chi connectivity index (χ3v) is 7.64. The summed E-state index contributed by atoms with van der Waals surface area (Å²) in [7, 11) is -3.89. The van der Waals surface area contributed by atoms with E-state index in [0.29, 0.717) is 22.9 Å². The molecule has 1 aliphatic rings. The Labute approximate surface area is 178 Å². The number of aromatic nitrogens is 1. The number of fused-ring (bicyclic) bond motifs is 1. The number of piperidine rings is 1. The topological polar surface area (TPSA) is 88.8 Å². The molecule has 1 fully saturated rings. The van der Waals surface area contributed by atoms with Crippen molar-refractivity contribution in [1.29, 1.82) is 0 Å². The molecule has 1 aromatic heterocycles. The van der Waals surface area contributed by atoms with Gasteiger partial charge in [0.1, 0.15) is 11.5 Å². The van der Waals surface area contributed by atoms with Crippen LogP contribution in [0.15, 0.2) is 23.2 Å². The third kappa shape index (κ3) is 5.26. The lowest BCUT2D eigenvalue weighted by Gasteiger charge is -2.33. The number of aryl methyl sites for hydroxylation is 1. The average molecular weight is 458 g/mol. The van der Waals surface area contributed by atoms with Gasteiger partial charge in [-0.2, -0.15) is 4.99 Å². The van der Waals surface area contributed by atoms with Gasteiger partial charge in [0.25, 0.3) is 5.91 Å². The van der Waals surface area contributed by atoms with Gasteiger partial charge in [0.2, 0.25) is 5.91 Å².